The fraction of sp³-hybridized carbons (Fsp3) is 0.286. The molecule has 0 unspecified atom stereocenters. The van der Waals surface area contributed by atoms with Crippen molar-refractivity contribution in [1.29, 1.82) is 0 Å². The molecule has 0 fully saturated rings. The van der Waals surface area contributed by atoms with E-state index in [1.165, 1.54) is 0 Å². The zero-order valence-electron chi connectivity index (χ0n) is 10.6. The first-order valence-corrected chi connectivity index (χ1v) is 6.82. The summed E-state index contributed by atoms with van der Waals surface area (Å²) in [6.07, 6.45) is 4.89. The first-order valence-electron chi connectivity index (χ1n) is 6.00. The Bertz CT molecular complexity index is 517. The van der Waals surface area contributed by atoms with Crippen LogP contribution in [0.5, 0.6) is 5.75 Å². The summed E-state index contributed by atoms with van der Waals surface area (Å²) in [6, 6.07) is 7.97. The van der Waals surface area contributed by atoms with Gasteiger partial charge < -0.3 is 4.74 Å². The molecule has 0 radical (unpaired) electrons. The van der Waals surface area contributed by atoms with Gasteiger partial charge >= 0.3 is 0 Å². The van der Waals surface area contributed by atoms with Crippen LogP contribution in [0, 0.1) is 0 Å². The van der Waals surface area contributed by atoms with Gasteiger partial charge in [-0.15, -0.1) is 10.2 Å². The highest BCUT2D eigenvalue weighted by molar-refractivity contribution is 7.14. The Morgan fingerprint density at radius 2 is 2.00 bits per heavy atom. The molecule has 0 atom stereocenters. The van der Waals surface area contributed by atoms with E-state index in [-0.39, 0.29) is 0 Å². The molecule has 18 heavy (non-hydrogen) atoms. The van der Waals surface area contributed by atoms with Crippen LogP contribution in [0.3, 0.4) is 0 Å². The number of aromatic nitrogens is 2. The van der Waals surface area contributed by atoms with Crippen LogP contribution in [0.15, 0.2) is 36.4 Å². The van der Waals surface area contributed by atoms with Crippen LogP contribution in [0.2, 0.25) is 0 Å². The number of aryl methyl sites for hydroxylation is 1. The van der Waals surface area contributed by atoms with Crippen molar-refractivity contribution >= 4 is 11.3 Å². The van der Waals surface area contributed by atoms with Gasteiger partial charge in [-0.25, -0.2) is 0 Å². The lowest BCUT2D eigenvalue weighted by molar-refractivity contribution is 0.363. The van der Waals surface area contributed by atoms with Crippen LogP contribution in [0.1, 0.15) is 18.9 Å². The summed E-state index contributed by atoms with van der Waals surface area (Å²) in [4.78, 5) is 0. The quantitative estimate of drug-likeness (QED) is 0.768. The van der Waals surface area contributed by atoms with Gasteiger partial charge in [0.15, 0.2) is 0 Å². The summed E-state index contributed by atoms with van der Waals surface area (Å²) >= 11 is 1.64. The van der Waals surface area contributed by atoms with E-state index in [2.05, 4.69) is 17.1 Å². The van der Waals surface area contributed by atoms with Crippen LogP contribution in [0.25, 0.3) is 10.6 Å². The number of benzene rings is 1. The van der Waals surface area contributed by atoms with E-state index in [1.807, 2.05) is 43.3 Å². The van der Waals surface area contributed by atoms with Gasteiger partial charge in [0.1, 0.15) is 22.4 Å². The summed E-state index contributed by atoms with van der Waals surface area (Å²) in [5.41, 5.74) is 1.09. The molecular weight excluding hydrogens is 244 g/mol. The summed E-state index contributed by atoms with van der Waals surface area (Å²) in [5, 5.41) is 10.3. The molecule has 0 bridgehead atoms. The van der Waals surface area contributed by atoms with Crippen LogP contribution >= 0.6 is 11.3 Å². The molecule has 4 heteroatoms. The van der Waals surface area contributed by atoms with E-state index in [9.17, 15) is 0 Å². The van der Waals surface area contributed by atoms with Gasteiger partial charge in [0.05, 0.1) is 0 Å². The number of hydrogen-bond donors (Lipinski definition) is 0. The van der Waals surface area contributed by atoms with E-state index in [0.29, 0.717) is 6.61 Å². The minimum Gasteiger partial charge on any atom is -0.490 e. The summed E-state index contributed by atoms with van der Waals surface area (Å²) in [6.45, 7) is 4.67. The van der Waals surface area contributed by atoms with Crippen LogP contribution < -0.4 is 4.74 Å². The van der Waals surface area contributed by atoms with E-state index in [4.69, 9.17) is 4.74 Å². The number of ether oxygens (including phenoxy) is 1. The van der Waals surface area contributed by atoms with Crippen LogP contribution in [-0.4, -0.2) is 16.8 Å². The van der Waals surface area contributed by atoms with Gasteiger partial charge in [0, 0.05) is 5.56 Å². The van der Waals surface area contributed by atoms with Crippen molar-refractivity contribution in [3.8, 4) is 16.3 Å². The standard InChI is InChI=1S/C14H16N2OS/c1-3-5-10-17-12-8-6-11(7-9-12)14-16-15-13(4-2)18-14/h3,5-9H,4,10H2,1-2H3/b5-3+. The van der Waals surface area contributed by atoms with Crippen molar-refractivity contribution in [2.24, 2.45) is 0 Å². The lowest BCUT2D eigenvalue weighted by atomic mass is 10.2. The van der Waals surface area contributed by atoms with Crippen LogP contribution in [0.4, 0.5) is 0 Å². The Balaban J connectivity index is 2.07. The fourth-order valence-corrected chi connectivity index (χ4v) is 2.23. The molecule has 2 aromatic rings. The molecule has 0 aliphatic rings. The van der Waals surface area contributed by atoms with Gasteiger partial charge in [-0.3, -0.25) is 0 Å². The number of rotatable bonds is 5. The Kier molecular flexibility index (Phi) is 4.47. The molecule has 0 N–H and O–H groups in total. The second kappa shape index (κ2) is 6.31. The molecular formula is C14H16N2OS. The highest BCUT2D eigenvalue weighted by atomic mass is 32.1. The molecule has 0 aliphatic carbocycles. The second-order valence-electron chi connectivity index (χ2n) is 3.76. The Morgan fingerprint density at radius 1 is 1.22 bits per heavy atom. The maximum absolute atomic E-state index is 5.54. The van der Waals surface area contributed by atoms with Crippen molar-refractivity contribution < 1.29 is 4.74 Å². The van der Waals surface area contributed by atoms with Crippen LogP contribution in [-0.2, 0) is 6.42 Å². The molecule has 1 heterocycles. The van der Waals surface area contributed by atoms with Gasteiger partial charge in [-0.2, -0.15) is 0 Å². The maximum Gasteiger partial charge on any atom is 0.147 e. The van der Waals surface area contributed by atoms with Crippen molar-refractivity contribution in [1.82, 2.24) is 10.2 Å². The average molecular weight is 260 g/mol. The van der Waals surface area contributed by atoms with Gasteiger partial charge in [-0.1, -0.05) is 30.4 Å². The highest BCUT2D eigenvalue weighted by Crippen LogP contribution is 2.25. The van der Waals surface area contributed by atoms with Crippen molar-refractivity contribution in [3.05, 3.63) is 41.4 Å². The minimum atomic E-state index is 0.606. The molecule has 0 amide bonds. The largest absolute Gasteiger partial charge is 0.490 e. The highest BCUT2D eigenvalue weighted by Gasteiger charge is 2.05. The summed E-state index contributed by atoms with van der Waals surface area (Å²) in [5.74, 6) is 0.872. The fourth-order valence-electron chi connectivity index (χ4n) is 1.45. The molecule has 3 nitrogen and oxygen atoms in total. The average Bonchev–Trinajstić information content (AvgIpc) is 2.89. The van der Waals surface area contributed by atoms with Crippen molar-refractivity contribution in [3.63, 3.8) is 0 Å². The first kappa shape index (κ1) is 12.8. The Hall–Kier alpha value is -1.68. The molecule has 94 valence electrons. The lowest BCUT2D eigenvalue weighted by Gasteiger charge is -2.03. The van der Waals surface area contributed by atoms with Crippen molar-refractivity contribution in [2.45, 2.75) is 20.3 Å². The summed E-state index contributed by atoms with van der Waals surface area (Å²) < 4.78 is 5.54. The molecule has 0 aliphatic heterocycles. The third-order valence-corrected chi connectivity index (χ3v) is 3.57. The third-order valence-electron chi connectivity index (χ3n) is 2.45. The smallest absolute Gasteiger partial charge is 0.147 e. The van der Waals surface area contributed by atoms with E-state index < -0.39 is 0 Å². The van der Waals surface area contributed by atoms with E-state index in [0.717, 1.165) is 27.7 Å². The zero-order valence-corrected chi connectivity index (χ0v) is 11.4. The zero-order chi connectivity index (χ0) is 12.8. The van der Waals surface area contributed by atoms with E-state index in [1.54, 1.807) is 11.3 Å². The Labute approximate surface area is 111 Å². The monoisotopic (exact) mass is 260 g/mol. The molecule has 0 saturated carbocycles. The van der Waals surface area contributed by atoms with Gasteiger partial charge in [-0.05, 0) is 37.6 Å². The van der Waals surface area contributed by atoms with E-state index >= 15 is 0 Å². The van der Waals surface area contributed by atoms with Gasteiger partial charge in [0.25, 0.3) is 0 Å². The molecule has 1 aromatic carbocycles. The first-order chi connectivity index (χ1) is 8.83. The Morgan fingerprint density at radius 3 is 2.61 bits per heavy atom. The number of hydrogen-bond acceptors (Lipinski definition) is 4. The second-order valence-corrected chi connectivity index (χ2v) is 4.82. The maximum atomic E-state index is 5.54. The molecule has 0 saturated heterocycles. The normalized spacial score (nSPS) is 11.0. The third kappa shape index (κ3) is 3.17. The summed E-state index contributed by atoms with van der Waals surface area (Å²) in [7, 11) is 0. The molecule has 0 spiro atoms. The molecule has 1 aromatic heterocycles. The molecule has 2 rings (SSSR count). The lowest BCUT2D eigenvalue weighted by Crippen LogP contribution is -1.92. The van der Waals surface area contributed by atoms with Gasteiger partial charge in [0.2, 0.25) is 0 Å². The van der Waals surface area contributed by atoms with Crippen molar-refractivity contribution in [2.75, 3.05) is 6.61 Å². The topological polar surface area (TPSA) is 35.0 Å². The number of nitrogens with zero attached hydrogens (tertiary/aromatic N) is 2. The predicted octanol–water partition coefficient (Wildman–Crippen LogP) is 3.72. The number of allylic oxidation sites excluding steroid dienone is 1. The minimum absolute atomic E-state index is 0.606. The predicted molar refractivity (Wildman–Crippen MR) is 75.0 cm³/mol. The SMILES string of the molecule is C/C=C/COc1ccc(-c2nnc(CC)s2)cc1.